The molecule has 140 valence electrons. The molecular weight excluding hydrogens is 352 g/mol. The first-order valence-corrected chi connectivity index (χ1v) is 9.95. The van der Waals surface area contributed by atoms with Crippen LogP contribution in [-0.2, 0) is 21.4 Å². The average molecular weight is 376 g/mol. The van der Waals surface area contributed by atoms with Crippen molar-refractivity contribution in [1.29, 1.82) is 0 Å². The molecule has 26 heavy (non-hydrogen) atoms. The number of rotatable bonds is 7. The molecule has 0 aliphatic carbocycles. The summed E-state index contributed by atoms with van der Waals surface area (Å²) in [6, 6.07) is 15.4. The van der Waals surface area contributed by atoms with Crippen LogP contribution in [0.5, 0.6) is 5.75 Å². The molecule has 1 amide bonds. The lowest BCUT2D eigenvalue weighted by molar-refractivity contribution is -0.134. The van der Waals surface area contributed by atoms with Crippen LogP contribution in [0.4, 0.5) is 0 Å². The Balaban J connectivity index is 2.34. The van der Waals surface area contributed by atoms with E-state index in [1.807, 2.05) is 30.3 Å². The highest BCUT2D eigenvalue weighted by molar-refractivity contribution is 7.88. The minimum absolute atomic E-state index is 0.309. The van der Waals surface area contributed by atoms with Crippen LogP contribution in [0.1, 0.15) is 17.2 Å². The lowest BCUT2D eigenvalue weighted by Gasteiger charge is -2.30. The molecule has 0 spiro atoms. The molecule has 0 heterocycles. The van der Waals surface area contributed by atoms with E-state index in [0.29, 0.717) is 17.9 Å². The zero-order chi connectivity index (χ0) is 19.3. The number of nitrogens with zero attached hydrogens (tertiary/aromatic N) is 2. The Bertz CT molecular complexity index is 853. The third kappa shape index (κ3) is 4.62. The van der Waals surface area contributed by atoms with Crippen LogP contribution < -0.4 is 4.74 Å². The Hall–Kier alpha value is -2.38. The molecule has 0 bridgehead atoms. The van der Waals surface area contributed by atoms with Gasteiger partial charge >= 0.3 is 0 Å². The Morgan fingerprint density at radius 2 is 1.62 bits per heavy atom. The molecule has 1 atom stereocenters. The van der Waals surface area contributed by atoms with Gasteiger partial charge in [-0.05, 0) is 11.6 Å². The number of para-hydroxylation sites is 1. The van der Waals surface area contributed by atoms with Crippen molar-refractivity contribution in [2.24, 2.45) is 0 Å². The molecule has 0 N–H and O–H groups in total. The summed E-state index contributed by atoms with van der Waals surface area (Å²) >= 11 is 0. The molecule has 0 fully saturated rings. The number of carbonyl (C=O) groups is 1. The van der Waals surface area contributed by atoms with E-state index >= 15 is 0 Å². The fourth-order valence-corrected chi connectivity index (χ4v) is 3.31. The first-order valence-electron chi connectivity index (χ1n) is 8.10. The summed E-state index contributed by atoms with van der Waals surface area (Å²) in [6.45, 7) is 0.309. The Morgan fingerprint density at radius 3 is 2.19 bits per heavy atom. The third-order valence-corrected chi connectivity index (χ3v) is 5.47. The molecule has 0 radical (unpaired) electrons. The standard InChI is InChI=1S/C19H24N2O4S/c1-20(14-16-12-8-9-13-17(16)25-3)19(22)18(21(2)26(4,23)24)15-10-6-5-7-11-15/h5-13,18H,14H2,1-4H3/t18-/m0/s1. The van der Waals surface area contributed by atoms with Gasteiger partial charge in [0.15, 0.2) is 0 Å². The summed E-state index contributed by atoms with van der Waals surface area (Å²) in [6.07, 6.45) is 1.09. The molecule has 2 aromatic rings. The quantitative estimate of drug-likeness (QED) is 0.744. The highest BCUT2D eigenvalue weighted by Crippen LogP contribution is 2.26. The van der Waals surface area contributed by atoms with Crippen molar-refractivity contribution in [3.05, 3.63) is 65.7 Å². The number of amides is 1. The minimum Gasteiger partial charge on any atom is -0.496 e. The first kappa shape index (κ1) is 19.9. The normalized spacial score (nSPS) is 12.7. The summed E-state index contributed by atoms with van der Waals surface area (Å²) in [7, 11) is 1.09. The molecule has 0 aliphatic rings. The van der Waals surface area contributed by atoms with Gasteiger partial charge in [-0.15, -0.1) is 0 Å². The van der Waals surface area contributed by atoms with Crippen molar-refractivity contribution >= 4 is 15.9 Å². The number of hydrogen-bond donors (Lipinski definition) is 0. The number of sulfonamides is 1. The summed E-state index contributed by atoms with van der Waals surface area (Å²) in [4.78, 5) is 14.6. The second-order valence-electron chi connectivity index (χ2n) is 6.10. The summed E-state index contributed by atoms with van der Waals surface area (Å²) < 4.78 is 30.6. The van der Waals surface area contributed by atoms with E-state index in [9.17, 15) is 13.2 Å². The van der Waals surface area contributed by atoms with Gasteiger partial charge in [-0.25, -0.2) is 8.42 Å². The van der Waals surface area contributed by atoms with Crippen molar-refractivity contribution < 1.29 is 17.9 Å². The molecule has 0 unspecified atom stereocenters. The highest BCUT2D eigenvalue weighted by atomic mass is 32.2. The predicted octanol–water partition coefficient (Wildman–Crippen LogP) is 2.29. The molecule has 2 rings (SSSR count). The van der Waals surface area contributed by atoms with Gasteiger partial charge in [0.2, 0.25) is 15.9 Å². The molecule has 6 nitrogen and oxygen atoms in total. The maximum Gasteiger partial charge on any atom is 0.245 e. The molecular formula is C19H24N2O4S. The van der Waals surface area contributed by atoms with E-state index in [1.54, 1.807) is 38.4 Å². The number of hydrogen-bond acceptors (Lipinski definition) is 4. The minimum atomic E-state index is -3.55. The van der Waals surface area contributed by atoms with Crippen molar-refractivity contribution in [3.8, 4) is 5.75 Å². The van der Waals surface area contributed by atoms with Crippen molar-refractivity contribution in [3.63, 3.8) is 0 Å². The summed E-state index contributed by atoms with van der Waals surface area (Å²) in [5, 5.41) is 0. The van der Waals surface area contributed by atoms with Gasteiger partial charge in [0.25, 0.3) is 0 Å². The lowest BCUT2D eigenvalue weighted by Crippen LogP contribution is -2.41. The molecule has 7 heteroatoms. The van der Waals surface area contributed by atoms with E-state index in [0.717, 1.165) is 16.1 Å². The molecule has 2 aromatic carbocycles. The largest absolute Gasteiger partial charge is 0.496 e. The van der Waals surface area contributed by atoms with Gasteiger partial charge in [0, 0.05) is 26.2 Å². The Morgan fingerprint density at radius 1 is 1.04 bits per heavy atom. The van der Waals surface area contributed by atoms with E-state index in [-0.39, 0.29) is 5.91 Å². The predicted molar refractivity (Wildman–Crippen MR) is 101 cm³/mol. The van der Waals surface area contributed by atoms with Gasteiger partial charge in [-0.1, -0.05) is 48.5 Å². The number of ether oxygens (including phenoxy) is 1. The average Bonchev–Trinajstić information content (AvgIpc) is 2.62. The lowest BCUT2D eigenvalue weighted by atomic mass is 10.1. The topological polar surface area (TPSA) is 66.9 Å². The van der Waals surface area contributed by atoms with E-state index < -0.39 is 16.1 Å². The Labute approximate surface area is 155 Å². The SMILES string of the molecule is COc1ccccc1CN(C)C(=O)[C@H](c1ccccc1)N(C)S(C)(=O)=O. The van der Waals surface area contributed by atoms with Gasteiger partial charge < -0.3 is 9.64 Å². The maximum absolute atomic E-state index is 13.1. The van der Waals surface area contributed by atoms with E-state index in [4.69, 9.17) is 4.74 Å². The smallest absolute Gasteiger partial charge is 0.245 e. The maximum atomic E-state index is 13.1. The zero-order valence-electron chi connectivity index (χ0n) is 15.4. The third-order valence-electron chi connectivity index (χ3n) is 4.21. The van der Waals surface area contributed by atoms with Crippen LogP contribution in [0.3, 0.4) is 0 Å². The number of benzene rings is 2. The number of methoxy groups -OCH3 is 1. The van der Waals surface area contributed by atoms with Gasteiger partial charge in [0.1, 0.15) is 11.8 Å². The van der Waals surface area contributed by atoms with Crippen LogP contribution in [0.15, 0.2) is 54.6 Å². The van der Waals surface area contributed by atoms with Crippen LogP contribution in [0.2, 0.25) is 0 Å². The van der Waals surface area contributed by atoms with Crippen LogP contribution in [0.25, 0.3) is 0 Å². The Kier molecular flexibility index (Phi) is 6.39. The van der Waals surface area contributed by atoms with Crippen LogP contribution in [0, 0.1) is 0 Å². The molecule has 0 saturated carbocycles. The highest BCUT2D eigenvalue weighted by Gasteiger charge is 2.32. The first-order chi connectivity index (χ1) is 12.3. The second kappa shape index (κ2) is 8.33. The monoisotopic (exact) mass is 376 g/mol. The summed E-state index contributed by atoms with van der Waals surface area (Å²) in [5.74, 6) is 0.370. The van der Waals surface area contributed by atoms with Crippen LogP contribution >= 0.6 is 0 Å². The van der Waals surface area contributed by atoms with Crippen molar-refractivity contribution in [2.75, 3.05) is 27.5 Å². The van der Waals surface area contributed by atoms with E-state index in [1.165, 1.54) is 11.9 Å². The fourth-order valence-electron chi connectivity index (χ4n) is 2.71. The zero-order valence-corrected chi connectivity index (χ0v) is 16.2. The fraction of sp³-hybridized carbons (Fsp3) is 0.316. The summed E-state index contributed by atoms with van der Waals surface area (Å²) in [5.41, 5.74) is 1.47. The van der Waals surface area contributed by atoms with Gasteiger partial charge in [-0.3, -0.25) is 4.79 Å². The molecule has 0 aromatic heterocycles. The number of likely N-dealkylation sites (N-methyl/N-ethyl adjacent to an activating group) is 2. The van der Waals surface area contributed by atoms with Crippen LogP contribution in [-0.4, -0.2) is 51.0 Å². The van der Waals surface area contributed by atoms with Gasteiger partial charge in [-0.2, -0.15) is 4.31 Å². The second-order valence-corrected chi connectivity index (χ2v) is 8.14. The van der Waals surface area contributed by atoms with Crippen molar-refractivity contribution in [2.45, 2.75) is 12.6 Å². The number of carbonyl (C=O) groups excluding carboxylic acids is 1. The van der Waals surface area contributed by atoms with Gasteiger partial charge in [0.05, 0.1) is 13.4 Å². The molecule has 0 saturated heterocycles. The van der Waals surface area contributed by atoms with E-state index in [2.05, 4.69) is 0 Å². The molecule has 0 aliphatic heterocycles. The van der Waals surface area contributed by atoms with Crippen molar-refractivity contribution in [1.82, 2.24) is 9.21 Å².